The minimum absolute atomic E-state index is 0.0425. The predicted octanol–water partition coefficient (Wildman–Crippen LogP) is 1.47. The molecule has 0 radical (unpaired) electrons. The topological polar surface area (TPSA) is 74.6 Å². The van der Waals surface area contributed by atoms with Gasteiger partial charge in [0.25, 0.3) is 5.24 Å². The summed E-state index contributed by atoms with van der Waals surface area (Å²) in [4.78, 5) is 21.1. The lowest BCUT2D eigenvalue weighted by molar-refractivity contribution is 0.0696. The number of carbonyl (C=O) groups excluding carboxylic acids is 1. The Morgan fingerprint density at radius 2 is 1.69 bits per heavy atom. The van der Waals surface area contributed by atoms with Crippen molar-refractivity contribution in [3.8, 4) is 5.75 Å². The maximum absolute atomic E-state index is 10.6. The molecule has 0 saturated heterocycles. The van der Waals surface area contributed by atoms with Crippen LogP contribution in [-0.2, 0) is 0 Å². The third-order valence-corrected chi connectivity index (χ3v) is 1.61. The predicted molar refractivity (Wildman–Crippen MR) is 45.2 cm³/mol. The van der Waals surface area contributed by atoms with E-state index in [-0.39, 0.29) is 16.9 Å². The Bertz CT molecular complexity index is 340. The number of hydrogen-bond donors (Lipinski definition) is 2. The van der Waals surface area contributed by atoms with Gasteiger partial charge in [-0.25, -0.2) is 4.79 Å². The summed E-state index contributed by atoms with van der Waals surface area (Å²) in [6.07, 6.45) is 0. The Hall–Kier alpha value is -1.55. The molecule has 0 atom stereocenters. The number of phenols is 1. The number of phenolic OH excluding ortho intramolecular Hbond substituents is 1. The van der Waals surface area contributed by atoms with Crippen LogP contribution in [0.4, 0.5) is 0 Å². The molecule has 0 fully saturated rings. The maximum atomic E-state index is 10.6. The fourth-order valence-electron chi connectivity index (χ4n) is 0.848. The zero-order valence-electron chi connectivity index (χ0n) is 6.32. The van der Waals surface area contributed by atoms with Gasteiger partial charge in [0.05, 0.1) is 5.56 Å². The number of rotatable bonds is 2. The second-order valence-corrected chi connectivity index (χ2v) is 2.69. The first-order chi connectivity index (χ1) is 6.00. The zero-order chi connectivity index (χ0) is 10.0. The fourth-order valence-corrected chi connectivity index (χ4v) is 0.957. The van der Waals surface area contributed by atoms with Crippen LogP contribution in [0.15, 0.2) is 18.2 Å². The van der Waals surface area contributed by atoms with Crippen LogP contribution in [0, 0.1) is 0 Å². The molecule has 1 aromatic carbocycles. The minimum Gasteiger partial charge on any atom is -0.508 e. The van der Waals surface area contributed by atoms with Gasteiger partial charge < -0.3 is 10.2 Å². The van der Waals surface area contributed by atoms with Crippen LogP contribution in [0.2, 0.25) is 0 Å². The lowest BCUT2D eigenvalue weighted by atomic mass is 10.1. The number of carboxylic acid groups (broad SMARTS) is 1. The summed E-state index contributed by atoms with van der Waals surface area (Å²) in [6, 6.07) is 3.23. The van der Waals surface area contributed by atoms with Gasteiger partial charge >= 0.3 is 5.97 Å². The smallest absolute Gasteiger partial charge is 0.335 e. The van der Waals surface area contributed by atoms with Gasteiger partial charge in [-0.15, -0.1) is 0 Å². The van der Waals surface area contributed by atoms with Crippen molar-refractivity contribution < 1.29 is 19.8 Å². The fraction of sp³-hybridized carbons (Fsp3) is 0. The molecule has 68 valence electrons. The van der Waals surface area contributed by atoms with E-state index in [1.54, 1.807) is 0 Å². The van der Waals surface area contributed by atoms with Crippen LogP contribution in [0.5, 0.6) is 5.75 Å². The van der Waals surface area contributed by atoms with Gasteiger partial charge in [0.1, 0.15) is 5.75 Å². The molecule has 4 nitrogen and oxygen atoms in total. The normalized spacial score (nSPS) is 9.62. The molecule has 13 heavy (non-hydrogen) atoms. The Morgan fingerprint density at radius 3 is 2.15 bits per heavy atom. The van der Waals surface area contributed by atoms with Crippen LogP contribution in [-0.4, -0.2) is 21.4 Å². The molecule has 0 amide bonds. The molecule has 5 heteroatoms. The second kappa shape index (κ2) is 3.45. The van der Waals surface area contributed by atoms with Crippen molar-refractivity contribution in [2.24, 2.45) is 0 Å². The third kappa shape index (κ3) is 2.19. The Balaban J connectivity index is 3.26. The highest BCUT2D eigenvalue weighted by atomic mass is 35.5. The average molecular weight is 201 g/mol. The summed E-state index contributed by atoms with van der Waals surface area (Å²) >= 11 is 5.11. The van der Waals surface area contributed by atoms with Gasteiger partial charge in [0, 0.05) is 5.56 Å². The Morgan fingerprint density at radius 1 is 1.15 bits per heavy atom. The molecular formula is C8H5ClO4. The highest BCUT2D eigenvalue weighted by Crippen LogP contribution is 2.17. The standard InChI is InChI=1S/C8H5ClO4/c9-7(11)4-1-5(8(12)13)3-6(10)2-4/h1-3,10H,(H,12,13). The van der Waals surface area contributed by atoms with Crippen LogP contribution in [0.1, 0.15) is 20.7 Å². The zero-order valence-corrected chi connectivity index (χ0v) is 7.08. The van der Waals surface area contributed by atoms with Crippen molar-refractivity contribution >= 4 is 22.8 Å². The number of hydrogen-bond acceptors (Lipinski definition) is 3. The molecule has 0 bridgehead atoms. The van der Waals surface area contributed by atoms with Crippen LogP contribution in [0.3, 0.4) is 0 Å². The third-order valence-electron chi connectivity index (χ3n) is 1.39. The monoisotopic (exact) mass is 200 g/mol. The number of carboxylic acids is 1. The molecule has 0 spiro atoms. The Labute approximate surface area is 78.4 Å². The number of aromatic hydroxyl groups is 1. The van der Waals surface area contributed by atoms with Crippen molar-refractivity contribution in [2.45, 2.75) is 0 Å². The lowest BCUT2D eigenvalue weighted by Crippen LogP contribution is -1.98. The summed E-state index contributed by atoms with van der Waals surface area (Å²) in [5.41, 5.74) is -0.219. The molecule has 1 rings (SSSR count). The highest BCUT2D eigenvalue weighted by Gasteiger charge is 2.09. The van der Waals surface area contributed by atoms with Gasteiger partial charge in [-0.05, 0) is 29.8 Å². The molecule has 2 N–H and O–H groups in total. The SMILES string of the molecule is O=C(O)c1cc(O)cc(C(=O)Cl)c1. The van der Waals surface area contributed by atoms with Crippen molar-refractivity contribution in [3.05, 3.63) is 29.3 Å². The van der Waals surface area contributed by atoms with E-state index in [1.165, 1.54) is 0 Å². The first-order valence-corrected chi connectivity index (χ1v) is 3.65. The van der Waals surface area contributed by atoms with E-state index in [0.29, 0.717) is 0 Å². The van der Waals surface area contributed by atoms with Crippen molar-refractivity contribution in [1.29, 1.82) is 0 Å². The van der Waals surface area contributed by atoms with Crippen molar-refractivity contribution in [2.75, 3.05) is 0 Å². The van der Waals surface area contributed by atoms with Gasteiger partial charge in [0.2, 0.25) is 0 Å². The van der Waals surface area contributed by atoms with E-state index >= 15 is 0 Å². The van der Waals surface area contributed by atoms with Gasteiger partial charge in [-0.2, -0.15) is 0 Å². The summed E-state index contributed by atoms with van der Waals surface area (Å²) in [6.45, 7) is 0. The summed E-state index contributed by atoms with van der Waals surface area (Å²) < 4.78 is 0. The van der Waals surface area contributed by atoms with Crippen molar-refractivity contribution in [1.82, 2.24) is 0 Å². The number of benzene rings is 1. The van der Waals surface area contributed by atoms with E-state index < -0.39 is 11.2 Å². The molecule has 0 heterocycles. The van der Waals surface area contributed by atoms with E-state index in [0.717, 1.165) is 18.2 Å². The Kier molecular flexibility index (Phi) is 2.53. The molecular weight excluding hydrogens is 196 g/mol. The summed E-state index contributed by atoms with van der Waals surface area (Å²) in [5.74, 6) is -1.53. The van der Waals surface area contributed by atoms with E-state index in [2.05, 4.69) is 0 Å². The maximum Gasteiger partial charge on any atom is 0.335 e. The molecule has 1 aromatic rings. The largest absolute Gasteiger partial charge is 0.508 e. The van der Waals surface area contributed by atoms with Crippen molar-refractivity contribution in [3.63, 3.8) is 0 Å². The van der Waals surface area contributed by atoms with E-state index in [1.807, 2.05) is 0 Å². The van der Waals surface area contributed by atoms with Gasteiger partial charge in [-0.3, -0.25) is 4.79 Å². The average Bonchev–Trinajstić information content (AvgIpc) is 2.03. The van der Waals surface area contributed by atoms with Gasteiger partial charge in [0.15, 0.2) is 0 Å². The molecule has 0 aliphatic rings. The van der Waals surface area contributed by atoms with E-state index in [9.17, 15) is 9.59 Å². The highest BCUT2D eigenvalue weighted by molar-refractivity contribution is 6.67. The first-order valence-electron chi connectivity index (χ1n) is 3.28. The number of carbonyl (C=O) groups is 2. The lowest BCUT2D eigenvalue weighted by Gasteiger charge is -1.98. The second-order valence-electron chi connectivity index (χ2n) is 2.35. The molecule has 0 unspecified atom stereocenters. The van der Waals surface area contributed by atoms with Crippen LogP contribution >= 0.6 is 11.6 Å². The quantitative estimate of drug-likeness (QED) is 0.709. The summed E-state index contributed by atoms with van der Waals surface area (Å²) in [5, 5.41) is 16.8. The van der Waals surface area contributed by atoms with Crippen LogP contribution < -0.4 is 0 Å². The number of aromatic carboxylic acids is 1. The summed E-state index contributed by atoms with van der Waals surface area (Å²) in [7, 11) is 0. The molecule has 0 aliphatic heterocycles. The first kappa shape index (κ1) is 9.54. The van der Waals surface area contributed by atoms with Gasteiger partial charge in [-0.1, -0.05) is 0 Å². The van der Waals surface area contributed by atoms with E-state index in [4.69, 9.17) is 21.8 Å². The molecule has 0 saturated carbocycles. The molecule has 0 aliphatic carbocycles. The number of halogens is 1. The minimum atomic E-state index is -1.23. The molecule has 0 aromatic heterocycles. The van der Waals surface area contributed by atoms with Crippen LogP contribution in [0.25, 0.3) is 0 Å².